The third-order valence-electron chi connectivity index (χ3n) is 4.67. The van der Waals surface area contributed by atoms with Gasteiger partial charge in [-0.25, -0.2) is 5.43 Å². The smallest absolute Gasteiger partial charge is 0.280 e. The van der Waals surface area contributed by atoms with Gasteiger partial charge in [-0.1, -0.05) is 42.5 Å². The summed E-state index contributed by atoms with van der Waals surface area (Å²) in [6.45, 7) is 0.557. The van der Waals surface area contributed by atoms with Crippen LogP contribution in [0.1, 0.15) is 11.3 Å². The lowest BCUT2D eigenvalue weighted by molar-refractivity contribution is -0.384. The maximum atomic E-state index is 11.3. The van der Waals surface area contributed by atoms with E-state index in [9.17, 15) is 10.1 Å². The van der Waals surface area contributed by atoms with E-state index in [2.05, 4.69) is 30.8 Å². The number of benzene rings is 2. The van der Waals surface area contributed by atoms with Crippen LogP contribution >= 0.6 is 0 Å². The Kier molecular flexibility index (Phi) is 6.73. The fraction of sp³-hybridized carbons (Fsp3) is 0.130. The first-order valence-electron chi connectivity index (χ1n) is 10.3. The van der Waals surface area contributed by atoms with Gasteiger partial charge in [0.15, 0.2) is 0 Å². The molecule has 0 unspecified atom stereocenters. The van der Waals surface area contributed by atoms with Crippen molar-refractivity contribution in [2.24, 2.45) is 5.10 Å². The molecule has 0 saturated heterocycles. The van der Waals surface area contributed by atoms with Gasteiger partial charge in [-0.05, 0) is 23.8 Å². The summed E-state index contributed by atoms with van der Waals surface area (Å²) in [5.74, 6) is 1.88. The van der Waals surface area contributed by atoms with Crippen molar-refractivity contribution in [1.82, 2.24) is 15.0 Å². The van der Waals surface area contributed by atoms with Crippen molar-refractivity contribution < 1.29 is 9.34 Å². The lowest BCUT2D eigenvalue weighted by Gasteiger charge is -2.13. The molecular formula is C23H22N8O3. The number of aromatic nitrogens is 3. The van der Waals surface area contributed by atoms with Crippen LogP contribution in [0.3, 0.4) is 0 Å². The fourth-order valence-corrected chi connectivity index (χ4v) is 3.03. The number of anilines is 3. The third-order valence-corrected chi connectivity index (χ3v) is 4.67. The second kappa shape index (κ2) is 10.2. The number of nitrogens with zero attached hydrogens (tertiary/aromatic N) is 6. The van der Waals surface area contributed by atoms with Crippen molar-refractivity contribution in [3.63, 3.8) is 0 Å². The Morgan fingerprint density at radius 1 is 1.00 bits per heavy atom. The predicted octanol–water partition coefficient (Wildman–Crippen LogP) is 4.16. The largest absolute Gasteiger partial charge is 0.455 e. The van der Waals surface area contributed by atoms with Crippen LogP contribution < -0.4 is 15.6 Å². The molecule has 4 rings (SSSR count). The first-order chi connectivity index (χ1) is 16.5. The van der Waals surface area contributed by atoms with E-state index in [0.29, 0.717) is 35.5 Å². The van der Waals surface area contributed by atoms with Gasteiger partial charge >= 0.3 is 0 Å². The van der Waals surface area contributed by atoms with Crippen LogP contribution in [0.25, 0.3) is 11.3 Å². The number of furan rings is 1. The minimum atomic E-state index is -0.445. The molecule has 0 fully saturated rings. The molecule has 2 aromatic carbocycles. The number of hydrogen-bond acceptors (Lipinski definition) is 10. The molecule has 4 aromatic rings. The average Bonchev–Trinajstić information content (AvgIpc) is 3.32. The highest BCUT2D eigenvalue weighted by molar-refractivity contribution is 5.79. The SMILES string of the molecule is CN(C)c1nc(NCc2ccccc2)nc(NN=Cc2ccc(-c3ccccc3[N+](=O)[O-])o2)n1. The van der Waals surface area contributed by atoms with Crippen LogP contribution in [0, 0.1) is 10.1 Å². The second-order valence-electron chi connectivity index (χ2n) is 7.36. The second-order valence-corrected chi connectivity index (χ2v) is 7.36. The van der Waals surface area contributed by atoms with E-state index in [1.807, 2.05) is 44.4 Å². The number of para-hydroxylation sites is 1. The summed E-state index contributed by atoms with van der Waals surface area (Å²) >= 11 is 0. The minimum Gasteiger partial charge on any atom is -0.455 e. The highest BCUT2D eigenvalue weighted by atomic mass is 16.6. The molecule has 0 radical (unpaired) electrons. The van der Waals surface area contributed by atoms with Crippen molar-refractivity contribution in [3.05, 3.63) is 88.2 Å². The highest BCUT2D eigenvalue weighted by Crippen LogP contribution is 2.30. The molecule has 0 atom stereocenters. The lowest BCUT2D eigenvalue weighted by atomic mass is 10.1. The Hall–Kier alpha value is -4.80. The molecule has 172 valence electrons. The molecule has 2 heterocycles. The van der Waals surface area contributed by atoms with Crippen molar-refractivity contribution in [2.45, 2.75) is 6.54 Å². The summed E-state index contributed by atoms with van der Waals surface area (Å²) in [4.78, 5) is 25.7. The van der Waals surface area contributed by atoms with Gasteiger partial charge in [0.2, 0.25) is 17.8 Å². The molecule has 11 heteroatoms. The van der Waals surface area contributed by atoms with Gasteiger partial charge in [0.1, 0.15) is 11.5 Å². The Morgan fingerprint density at radius 3 is 2.50 bits per heavy atom. The third kappa shape index (κ3) is 5.51. The molecular weight excluding hydrogens is 436 g/mol. The normalized spacial score (nSPS) is 10.9. The zero-order chi connectivity index (χ0) is 23.9. The van der Waals surface area contributed by atoms with E-state index in [1.165, 1.54) is 12.3 Å². The van der Waals surface area contributed by atoms with E-state index < -0.39 is 4.92 Å². The van der Waals surface area contributed by atoms with Crippen molar-refractivity contribution in [3.8, 4) is 11.3 Å². The summed E-state index contributed by atoms with van der Waals surface area (Å²) < 4.78 is 5.70. The average molecular weight is 458 g/mol. The van der Waals surface area contributed by atoms with Crippen LogP contribution in [0.4, 0.5) is 23.5 Å². The molecule has 11 nitrogen and oxygen atoms in total. The number of rotatable bonds is 9. The van der Waals surface area contributed by atoms with E-state index in [-0.39, 0.29) is 11.6 Å². The number of hydrazone groups is 1. The predicted molar refractivity (Wildman–Crippen MR) is 130 cm³/mol. The van der Waals surface area contributed by atoms with E-state index in [0.717, 1.165) is 5.56 Å². The summed E-state index contributed by atoms with van der Waals surface area (Å²) in [7, 11) is 3.66. The summed E-state index contributed by atoms with van der Waals surface area (Å²) in [6, 6.07) is 19.6. The zero-order valence-electron chi connectivity index (χ0n) is 18.5. The van der Waals surface area contributed by atoms with Gasteiger partial charge in [-0.2, -0.15) is 20.1 Å². The molecule has 0 bridgehead atoms. The van der Waals surface area contributed by atoms with Crippen LogP contribution in [-0.4, -0.2) is 40.2 Å². The quantitative estimate of drug-likeness (QED) is 0.215. The Labute approximate surface area is 195 Å². The van der Waals surface area contributed by atoms with Gasteiger partial charge in [-0.15, -0.1) is 0 Å². The monoisotopic (exact) mass is 458 g/mol. The van der Waals surface area contributed by atoms with Crippen molar-refractivity contribution in [2.75, 3.05) is 29.7 Å². The molecule has 2 aromatic heterocycles. The van der Waals surface area contributed by atoms with Gasteiger partial charge in [0, 0.05) is 26.7 Å². The molecule has 0 aliphatic rings. The first-order valence-corrected chi connectivity index (χ1v) is 10.3. The van der Waals surface area contributed by atoms with E-state index >= 15 is 0 Å². The van der Waals surface area contributed by atoms with Crippen LogP contribution in [-0.2, 0) is 6.54 Å². The molecule has 0 aliphatic carbocycles. The summed E-state index contributed by atoms with van der Waals surface area (Å²) in [5.41, 5.74) is 4.23. The van der Waals surface area contributed by atoms with Gasteiger partial charge < -0.3 is 14.6 Å². The number of nitrogens with one attached hydrogen (secondary N) is 2. The zero-order valence-corrected chi connectivity index (χ0v) is 18.5. The molecule has 2 N–H and O–H groups in total. The number of nitro benzene ring substituents is 1. The first kappa shape index (κ1) is 22.4. The standard InChI is InChI=1S/C23H22N8O3/c1-30(2)23-27-21(24-14-16-8-4-3-5-9-16)26-22(28-23)29-25-15-17-12-13-20(34-17)18-10-6-7-11-19(18)31(32)33/h3-13,15H,14H2,1-2H3,(H2,24,26,27,28,29). The highest BCUT2D eigenvalue weighted by Gasteiger charge is 2.16. The number of nitro groups is 1. The van der Waals surface area contributed by atoms with Crippen molar-refractivity contribution in [1.29, 1.82) is 0 Å². The van der Waals surface area contributed by atoms with Crippen molar-refractivity contribution >= 4 is 29.7 Å². The molecule has 0 spiro atoms. The maximum absolute atomic E-state index is 11.3. The fourth-order valence-electron chi connectivity index (χ4n) is 3.03. The Bertz CT molecular complexity index is 1300. The lowest BCUT2D eigenvalue weighted by Crippen LogP contribution is -2.16. The maximum Gasteiger partial charge on any atom is 0.280 e. The Morgan fingerprint density at radius 2 is 1.74 bits per heavy atom. The molecule has 34 heavy (non-hydrogen) atoms. The van der Waals surface area contributed by atoms with Gasteiger partial charge in [0.25, 0.3) is 5.69 Å². The molecule has 0 aliphatic heterocycles. The summed E-state index contributed by atoms with van der Waals surface area (Å²) in [6.07, 6.45) is 1.44. The topological polar surface area (TPSA) is 135 Å². The van der Waals surface area contributed by atoms with Gasteiger partial charge in [-0.3, -0.25) is 10.1 Å². The van der Waals surface area contributed by atoms with E-state index in [1.54, 1.807) is 35.2 Å². The van der Waals surface area contributed by atoms with E-state index in [4.69, 9.17) is 4.42 Å². The van der Waals surface area contributed by atoms with Gasteiger partial charge in [0.05, 0.1) is 16.7 Å². The Balaban J connectivity index is 1.47. The van der Waals surface area contributed by atoms with Crippen LogP contribution in [0.2, 0.25) is 0 Å². The van der Waals surface area contributed by atoms with Crippen LogP contribution in [0.5, 0.6) is 0 Å². The number of hydrogen-bond donors (Lipinski definition) is 2. The molecule has 0 saturated carbocycles. The van der Waals surface area contributed by atoms with Crippen LogP contribution in [0.15, 0.2) is 76.2 Å². The minimum absolute atomic E-state index is 0.0320. The summed E-state index contributed by atoms with van der Waals surface area (Å²) in [5, 5.41) is 18.6. The molecule has 0 amide bonds.